The van der Waals surface area contributed by atoms with E-state index in [0.29, 0.717) is 6.61 Å². The SMILES string of the molecule is COCC(C)OC(=O)c1cc(Cl)c(N)c(Cl)c1. The van der Waals surface area contributed by atoms with Gasteiger partial charge in [0.1, 0.15) is 6.10 Å². The van der Waals surface area contributed by atoms with Crippen molar-refractivity contribution in [2.45, 2.75) is 13.0 Å². The molecule has 1 atom stereocenters. The highest BCUT2D eigenvalue weighted by Gasteiger charge is 2.15. The fourth-order valence-corrected chi connectivity index (χ4v) is 1.71. The van der Waals surface area contributed by atoms with Crippen molar-refractivity contribution in [2.75, 3.05) is 19.5 Å². The molecule has 1 rings (SSSR count). The Kier molecular flexibility index (Phi) is 5.05. The molecule has 1 unspecified atom stereocenters. The highest BCUT2D eigenvalue weighted by molar-refractivity contribution is 6.39. The first-order valence-electron chi connectivity index (χ1n) is 4.90. The lowest BCUT2D eigenvalue weighted by molar-refractivity contribution is 0.0120. The Balaban J connectivity index is 2.83. The van der Waals surface area contributed by atoms with Gasteiger partial charge in [-0.25, -0.2) is 4.79 Å². The molecule has 0 spiro atoms. The standard InChI is InChI=1S/C11H13Cl2NO3/c1-6(5-16-2)17-11(15)7-3-8(12)10(14)9(13)4-7/h3-4,6H,5,14H2,1-2H3. The second-order valence-corrected chi connectivity index (χ2v) is 4.34. The normalized spacial score (nSPS) is 12.2. The van der Waals surface area contributed by atoms with Gasteiger partial charge in [0.15, 0.2) is 0 Å². The van der Waals surface area contributed by atoms with Gasteiger partial charge in [0.25, 0.3) is 0 Å². The molecule has 17 heavy (non-hydrogen) atoms. The Morgan fingerprint density at radius 1 is 1.41 bits per heavy atom. The van der Waals surface area contributed by atoms with E-state index >= 15 is 0 Å². The molecule has 0 aliphatic heterocycles. The summed E-state index contributed by atoms with van der Waals surface area (Å²) in [5, 5.41) is 0.452. The largest absolute Gasteiger partial charge is 0.457 e. The van der Waals surface area contributed by atoms with Crippen molar-refractivity contribution < 1.29 is 14.3 Å². The Bertz CT molecular complexity index is 400. The minimum atomic E-state index is -0.515. The van der Waals surface area contributed by atoms with Gasteiger partial charge in [0, 0.05) is 7.11 Å². The van der Waals surface area contributed by atoms with Crippen LogP contribution in [0, 0.1) is 0 Å². The van der Waals surface area contributed by atoms with Gasteiger partial charge < -0.3 is 15.2 Å². The number of benzene rings is 1. The summed E-state index contributed by atoms with van der Waals surface area (Å²) in [6.45, 7) is 2.05. The van der Waals surface area contributed by atoms with Crippen molar-refractivity contribution >= 4 is 34.9 Å². The Hall–Kier alpha value is -0.970. The van der Waals surface area contributed by atoms with Crippen LogP contribution in [0.15, 0.2) is 12.1 Å². The number of nitrogens with two attached hydrogens (primary N) is 1. The summed E-state index contributed by atoms with van der Waals surface area (Å²) in [4.78, 5) is 11.7. The topological polar surface area (TPSA) is 61.5 Å². The van der Waals surface area contributed by atoms with Crippen LogP contribution in [-0.4, -0.2) is 25.8 Å². The van der Waals surface area contributed by atoms with Crippen LogP contribution in [0.2, 0.25) is 10.0 Å². The molecule has 0 radical (unpaired) electrons. The molecule has 0 aromatic heterocycles. The van der Waals surface area contributed by atoms with E-state index < -0.39 is 5.97 Å². The van der Waals surface area contributed by atoms with Crippen LogP contribution >= 0.6 is 23.2 Å². The summed E-state index contributed by atoms with van der Waals surface area (Å²) in [5.74, 6) is -0.515. The summed E-state index contributed by atoms with van der Waals surface area (Å²) in [6, 6.07) is 2.84. The minimum Gasteiger partial charge on any atom is -0.457 e. The number of ether oxygens (including phenoxy) is 2. The third kappa shape index (κ3) is 3.77. The van der Waals surface area contributed by atoms with E-state index in [1.807, 2.05) is 0 Å². The number of nitrogen functional groups attached to an aromatic ring is 1. The average molecular weight is 278 g/mol. The lowest BCUT2D eigenvalue weighted by Gasteiger charge is -2.12. The van der Waals surface area contributed by atoms with Crippen molar-refractivity contribution in [3.63, 3.8) is 0 Å². The van der Waals surface area contributed by atoms with E-state index in [1.54, 1.807) is 6.92 Å². The van der Waals surface area contributed by atoms with Gasteiger partial charge in [-0.1, -0.05) is 23.2 Å². The molecule has 0 bridgehead atoms. The number of esters is 1. The smallest absolute Gasteiger partial charge is 0.338 e. The molecule has 0 saturated heterocycles. The summed E-state index contributed by atoms with van der Waals surface area (Å²) in [7, 11) is 1.53. The first kappa shape index (κ1) is 14.1. The molecule has 0 saturated carbocycles. The van der Waals surface area contributed by atoms with Crippen molar-refractivity contribution in [1.82, 2.24) is 0 Å². The summed E-state index contributed by atoms with van der Waals surface area (Å²) in [6.07, 6.45) is -0.345. The first-order chi connectivity index (χ1) is 7.95. The Labute approximate surface area is 110 Å². The van der Waals surface area contributed by atoms with Crippen LogP contribution < -0.4 is 5.73 Å². The molecule has 0 amide bonds. The molecule has 0 aliphatic carbocycles. The molecule has 1 aromatic carbocycles. The molecule has 94 valence electrons. The average Bonchev–Trinajstić information content (AvgIpc) is 2.25. The van der Waals surface area contributed by atoms with Crippen molar-refractivity contribution in [3.05, 3.63) is 27.7 Å². The molecule has 2 N–H and O–H groups in total. The van der Waals surface area contributed by atoms with Gasteiger partial charge in [0.05, 0.1) is 27.9 Å². The lowest BCUT2D eigenvalue weighted by atomic mass is 10.2. The predicted molar refractivity (Wildman–Crippen MR) is 67.6 cm³/mol. The molecule has 0 aliphatic rings. The highest BCUT2D eigenvalue weighted by Crippen LogP contribution is 2.29. The van der Waals surface area contributed by atoms with Crippen molar-refractivity contribution in [3.8, 4) is 0 Å². The van der Waals surface area contributed by atoms with Crippen LogP contribution in [0.25, 0.3) is 0 Å². The quantitative estimate of drug-likeness (QED) is 0.679. The van der Waals surface area contributed by atoms with Crippen LogP contribution in [0.5, 0.6) is 0 Å². The summed E-state index contributed by atoms with van der Waals surface area (Å²) >= 11 is 11.6. The van der Waals surface area contributed by atoms with Crippen LogP contribution in [-0.2, 0) is 9.47 Å². The highest BCUT2D eigenvalue weighted by atomic mass is 35.5. The Morgan fingerprint density at radius 2 is 1.94 bits per heavy atom. The van der Waals surface area contributed by atoms with E-state index in [2.05, 4.69) is 0 Å². The van der Waals surface area contributed by atoms with E-state index in [9.17, 15) is 4.79 Å². The zero-order chi connectivity index (χ0) is 13.0. The number of methoxy groups -OCH3 is 1. The number of carbonyl (C=O) groups is 1. The predicted octanol–water partition coefficient (Wildman–Crippen LogP) is 2.77. The van der Waals surface area contributed by atoms with Gasteiger partial charge in [-0.2, -0.15) is 0 Å². The Morgan fingerprint density at radius 3 is 2.41 bits per heavy atom. The van der Waals surface area contributed by atoms with Gasteiger partial charge in [-0.3, -0.25) is 0 Å². The van der Waals surface area contributed by atoms with E-state index in [1.165, 1.54) is 19.2 Å². The van der Waals surface area contributed by atoms with Crippen LogP contribution in [0.4, 0.5) is 5.69 Å². The first-order valence-corrected chi connectivity index (χ1v) is 5.65. The minimum absolute atomic E-state index is 0.226. The van der Waals surface area contributed by atoms with Crippen LogP contribution in [0.1, 0.15) is 17.3 Å². The number of hydrogen-bond donors (Lipinski definition) is 1. The maximum Gasteiger partial charge on any atom is 0.338 e. The van der Waals surface area contributed by atoms with Gasteiger partial charge in [-0.15, -0.1) is 0 Å². The number of halogens is 2. The van der Waals surface area contributed by atoms with E-state index in [0.717, 1.165) is 0 Å². The fraction of sp³-hybridized carbons (Fsp3) is 0.364. The van der Waals surface area contributed by atoms with Gasteiger partial charge in [-0.05, 0) is 19.1 Å². The zero-order valence-corrected chi connectivity index (χ0v) is 11.0. The van der Waals surface area contributed by atoms with Gasteiger partial charge in [0.2, 0.25) is 0 Å². The van der Waals surface area contributed by atoms with E-state index in [4.69, 9.17) is 38.4 Å². The third-order valence-corrected chi connectivity index (χ3v) is 2.65. The second kappa shape index (κ2) is 6.10. The molecule has 4 nitrogen and oxygen atoms in total. The van der Waals surface area contributed by atoms with Crippen molar-refractivity contribution in [2.24, 2.45) is 0 Å². The molecule has 6 heteroatoms. The number of hydrogen-bond acceptors (Lipinski definition) is 4. The molecule has 0 heterocycles. The molecule has 1 aromatic rings. The number of carbonyl (C=O) groups excluding carboxylic acids is 1. The summed E-state index contributed by atoms with van der Waals surface area (Å²) < 4.78 is 9.96. The molecule has 0 fully saturated rings. The maximum absolute atomic E-state index is 11.7. The van der Waals surface area contributed by atoms with E-state index in [-0.39, 0.29) is 27.4 Å². The van der Waals surface area contributed by atoms with Gasteiger partial charge >= 0.3 is 5.97 Å². The summed E-state index contributed by atoms with van der Waals surface area (Å²) in [5.41, 5.74) is 6.07. The van der Waals surface area contributed by atoms with Crippen LogP contribution in [0.3, 0.4) is 0 Å². The van der Waals surface area contributed by atoms with Crippen molar-refractivity contribution in [1.29, 1.82) is 0 Å². The monoisotopic (exact) mass is 277 g/mol. The lowest BCUT2D eigenvalue weighted by Crippen LogP contribution is -2.19. The zero-order valence-electron chi connectivity index (χ0n) is 9.50. The molecular weight excluding hydrogens is 265 g/mol. The molecular formula is C11H13Cl2NO3. The maximum atomic E-state index is 11.7. The second-order valence-electron chi connectivity index (χ2n) is 3.52. The third-order valence-electron chi connectivity index (χ3n) is 2.02. The number of anilines is 1. The number of rotatable bonds is 4. The fourth-order valence-electron chi connectivity index (χ4n) is 1.22.